The number of rotatable bonds is 1. The first kappa shape index (κ1) is 7.67. The van der Waals surface area contributed by atoms with Gasteiger partial charge in [0.2, 0.25) is 0 Å². The van der Waals surface area contributed by atoms with Gasteiger partial charge in [0, 0.05) is 11.5 Å². The number of methoxy groups -OCH3 is 1. The SMILES string of the molecule is COC1=C(C)C=C(Cl)CC1. The van der Waals surface area contributed by atoms with Crippen molar-refractivity contribution in [1.29, 1.82) is 0 Å². The first-order chi connectivity index (χ1) is 4.74. The van der Waals surface area contributed by atoms with Gasteiger partial charge >= 0.3 is 0 Å². The molecule has 0 spiro atoms. The lowest BCUT2D eigenvalue weighted by Crippen LogP contribution is -1.96. The van der Waals surface area contributed by atoms with Crippen LogP contribution in [0.15, 0.2) is 22.4 Å². The van der Waals surface area contributed by atoms with Crippen LogP contribution in [0.4, 0.5) is 0 Å². The highest BCUT2D eigenvalue weighted by molar-refractivity contribution is 6.29. The Balaban J connectivity index is 2.80. The number of ether oxygens (including phenoxy) is 1. The van der Waals surface area contributed by atoms with E-state index in [1.54, 1.807) is 7.11 Å². The summed E-state index contributed by atoms with van der Waals surface area (Å²) in [5, 5.41) is 0.929. The van der Waals surface area contributed by atoms with Crippen LogP contribution in [0.5, 0.6) is 0 Å². The molecule has 2 heteroatoms. The third-order valence-electron chi connectivity index (χ3n) is 1.65. The van der Waals surface area contributed by atoms with Crippen molar-refractivity contribution in [3.05, 3.63) is 22.4 Å². The van der Waals surface area contributed by atoms with Crippen LogP contribution in [0.25, 0.3) is 0 Å². The van der Waals surface area contributed by atoms with E-state index in [1.165, 1.54) is 0 Å². The fourth-order valence-corrected chi connectivity index (χ4v) is 1.34. The molecule has 1 aliphatic carbocycles. The summed E-state index contributed by atoms with van der Waals surface area (Å²) in [5.41, 5.74) is 1.15. The van der Waals surface area contributed by atoms with Gasteiger partial charge in [-0.15, -0.1) is 0 Å². The molecule has 0 aromatic rings. The molecule has 0 aromatic heterocycles. The van der Waals surface area contributed by atoms with Crippen molar-refractivity contribution in [2.45, 2.75) is 19.8 Å². The Morgan fingerprint density at radius 3 is 2.70 bits per heavy atom. The summed E-state index contributed by atoms with van der Waals surface area (Å²) in [6, 6.07) is 0. The highest BCUT2D eigenvalue weighted by Gasteiger charge is 2.08. The number of allylic oxidation sites excluding steroid dienone is 4. The maximum Gasteiger partial charge on any atom is 0.0988 e. The second-order valence-corrected chi connectivity index (χ2v) is 2.89. The maximum absolute atomic E-state index is 5.81. The molecule has 0 heterocycles. The Labute approximate surface area is 66.3 Å². The lowest BCUT2D eigenvalue weighted by Gasteiger charge is -2.13. The quantitative estimate of drug-likeness (QED) is 0.570. The van der Waals surface area contributed by atoms with Gasteiger partial charge < -0.3 is 4.74 Å². The molecule has 0 atom stereocenters. The summed E-state index contributed by atoms with van der Waals surface area (Å²) < 4.78 is 5.13. The van der Waals surface area contributed by atoms with Gasteiger partial charge in [0.25, 0.3) is 0 Å². The molecule has 0 saturated heterocycles. The van der Waals surface area contributed by atoms with Gasteiger partial charge in [0.05, 0.1) is 12.9 Å². The van der Waals surface area contributed by atoms with Gasteiger partial charge in [-0.3, -0.25) is 0 Å². The molecule has 1 rings (SSSR count). The monoisotopic (exact) mass is 158 g/mol. The van der Waals surface area contributed by atoms with Crippen LogP contribution < -0.4 is 0 Å². The van der Waals surface area contributed by atoms with E-state index in [0.717, 1.165) is 29.2 Å². The molecular formula is C8H11ClO. The van der Waals surface area contributed by atoms with Gasteiger partial charge in [-0.1, -0.05) is 11.6 Å². The fourth-order valence-electron chi connectivity index (χ4n) is 1.08. The van der Waals surface area contributed by atoms with Crippen LogP contribution in [-0.2, 0) is 4.74 Å². The van der Waals surface area contributed by atoms with E-state index in [0.29, 0.717) is 0 Å². The van der Waals surface area contributed by atoms with E-state index in [-0.39, 0.29) is 0 Å². The van der Waals surface area contributed by atoms with Crippen LogP contribution in [0.1, 0.15) is 19.8 Å². The minimum Gasteiger partial charge on any atom is -0.501 e. The Morgan fingerprint density at radius 2 is 2.20 bits per heavy atom. The summed E-state index contributed by atoms with van der Waals surface area (Å²) >= 11 is 5.81. The van der Waals surface area contributed by atoms with Crippen LogP contribution in [0.3, 0.4) is 0 Å². The Bertz CT molecular complexity index is 191. The van der Waals surface area contributed by atoms with Crippen molar-refractivity contribution >= 4 is 11.6 Å². The average molecular weight is 159 g/mol. The summed E-state index contributed by atoms with van der Waals surface area (Å²) in [7, 11) is 1.70. The lowest BCUT2D eigenvalue weighted by atomic mass is 10.1. The van der Waals surface area contributed by atoms with Crippen molar-refractivity contribution in [1.82, 2.24) is 0 Å². The predicted octanol–water partition coefficient (Wildman–Crippen LogP) is 2.82. The van der Waals surface area contributed by atoms with E-state index in [9.17, 15) is 0 Å². The molecule has 0 fully saturated rings. The van der Waals surface area contributed by atoms with E-state index in [1.807, 2.05) is 13.0 Å². The predicted molar refractivity (Wildman–Crippen MR) is 42.9 cm³/mol. The third kappa shape index (κ3) is 1.54. The summed E-state index contributed by atoms with van der Waals surface area (Å²) in [5.74, 6) is 1.06. The topological polar surface area (TPSA) is 9.23 Å². The second kappa shape index (κ2) is 3.11. The summed E-state index contributed by atoms with van der Waals surface area (Å²) in [6.07, 6.45) is 3.82. The molecule has 0 saturated carbocycles. The first-order valence-corrected chi connectivity index (χ1v) is 3.71. The van der Waals surface area contributed by atoms with Crippen molar-refractivity contribution in [3.63, 3.8) is 0 Å². The molecule has 0 aliphatic heterocycles. The number of hydrogen-bond donors (Lipinski definition) is 0. The van der Waals surface area contributed by atoms with Gasteiger partial charge in [-0.05, 0) is 25.0 Å². The molecular weight excluding hydrogens is 148 g/mol. The van der Waals surface area contributed by atoms with Gasteiger partial charge in [0.1, 0.15) is 0 Å². The zero-order valence-electron chi connectivity index (χ0n) is 6.28. The molecule has 0 amide bonds. The average Bonchev–Trinajstić information content (AvgIpc) is 1.88. The largest absolute Gasteiger partial charge is 0.501 e. The summed E-state index contributed by atoms with van der Waals surface area (Å²) in [6.45, 7) is 2.01. The Hall–Kier alpha value is -0.430. The maximum atomic E-state index is 5.81. The Kier molecular flexibility index (Phi) is 2.39. The zero-order valence-corrected chi connectivity index (χ0v) is 7.03. The minimum absolute atomic E-state index is 0.919. The zero-order chi connectivity index (χ0) is 7.56. The van der Waals surface area contributed by atoms with Gasteiger partial charge in [-0.2, -0.15) is 0 Å². The van der Waals surface area contributed by atoms with Crippen molar-refractivity contribution < 1.29 is 4.74 Å². The first-order valence-electron chi connectivity index (χ1n) is 3.34. The highest BCUT2D eigenvalue weighted by Crippen LogP contribution is 2.25. The molecule has 0 N–H and O–H groups in total. The van der Waals surface area contributed by atoms with Crippen LogP contribution in [0.2, 0.25) is 0 Å². The molecule has 1 nitrogen and oxygen atoms in total. The molecule has 0 radical (unpaired) electrons. The van der Waals surface area contributed by atoms with Gasteiger partial charge in [0.15, 0.2) is 0 Å². The van der Waals surface area contributed by atoms with Crippen molar-refractivity contribution in [2.24, 2.45) is 0 Å². The lowest BCUT2D eigenvalue weighted by molar-refractivity contribution is 0.272. The summed E-state index contributed by atoms with van der Waals surface area (Å²) in [4.78, 5) is 0. The Morgan fingerprint density at radius 1 is 1.50 bits per heavy atom. The third-order valence-corrected chi connectivity index (χ3v) is 1.95. The van der Waals surface area contributed by atoms with E-state index < -0.39 is 0 Å². The van der Waals surface area contributed by atoms with Crippen molar-refractivity contribution in [2.75, 3.05) is 7.11 Å². The van der Waals surface area contributed by atoms with Crippen LogP contribution in [-0.4, -0.2) is 7.11 Å². The second-order valence-electron chi connectivity index (χ2n) is 2.40. The van der Waals surface area contributed by atoms with Crippen molar-refractivity contribution in [3.8, 4) is 0 Å². The molecule has 10 heavy (non-hydrogen) atoms. The minimum atomic E-state index is 0.919. The normalized spacial score (nSPS) is 18.9. The van der Waals surface area contributed by atoms with E-state index in [2.05, 4.69) is 0 Å². The highest BCUT2D eigenvalue weighted by atomic mass is 35.5. The molecule has 0 unspecified atom stereocenters. The van der Waals surface area contributed by atoms with E-state index >= 15 is 0 Å². The standard InChI is InChI=1S/C8H11ClO/c1-6-5-7(9)3-4-8(6)10-2/h5H,3-4H2,1-2H3. The molecule has 1 aliphatic rings. The molecule has 0 aromatic carbocycles. The fraction of sp³-hybridized carbons (Fsp3) is 0.500. The van der Waals surface area contributed by atoms with Gasteiger partial charge in [-0.25, -0.2) is 0 Å². The van der Waals surface area contributed by atoms with Crippen LogP contribution >= 0.6 is 11.6 Å². The smallest absolute Gasteiger partial charge is 0.0988 e. The number of halogens is 1. The molecule has 0 bridgehead atoms. The molecule has 56 valence electrons. The van der Waals surface area contributed by atoms with Crippen LogP contribution in [0, 0.1) is 0 Å². The number of hydrogen-bond acceptors (Lipinski definition) is 1. The van der Waals surface area contributed by atoms with E-state index in [4.69, 9.17) is 16.3 Å².